The molecule has 21 heavy (non-hydrogen) atoms. The molecule has 0 saturated carbocycles. The SMILES string of the molecule is O=C(NC1COc2ccccc2C1)c1cc(Cl)nc(Cl)c1. The fourth-order valence-corrected chi connectivity index (χ4v) is 2.75. The number of amides is 1. The lowest BCUT2D eigenvalue weighted by Crippen LogP contribution is -2.42. The number of nitrogens with zero attached hydrogens (tertiary/aromatic N) is 1. The Bertz CT molecular complexity index is 671. The van der Waals surface area contributed by atoms with Gasteiger partial charge in [0.05, 0.1) is 6.04 Å². The van der Waals surface area contributed by atoms with Crippen molar-refractivity contribution in [2.24, 2.45) is 0 Å². The third-order valence-corrected chi connectivity index (χ3v) is 3.63. The fourth-order valence-electron chi connectivity index (χ4n) is 2.29. The van der Waals surface area contributed by atoms with E-state index in [1.165, 1.54) is 12.1 Å². The molecule has 1 N–H and O–H groups in total. The van der Waals surface area contributed by atoms with Crippen molar-refractivity contribution in [1.82, 2.24) is 10.3 Å². The van der Waals surface area contributed by atoms with E-state index in [4.69, 9.17) is 27.9 Å². The Balaban J connectivity index is 1.71. The van der Waals surface area contributed by atoms with Crippen molar-refractivity contribution >= 4 is 29.1 Å². The number of hydrogen-bond acceptors (Lipinski definition) is 3. The maximum Gasteiger partial charge on any atom is 0.251 e. The summed E-state index contributed by atoms with van der Waals surface area (Å²) in [4.78, 5) is 16.0. The Hall–Kier alpha value is -1.78. The Morgan fingerprint density at radius 1 is 1.24 bits per heavy atom. The van der Waals surface area contributed by atoms with Gasteiger partial charge in [0, 0.05) is 5.56 Å². The molecule has 1 unspecified atom stereocenters. The van der Waals surface area contributed by atoms with E-state index < -0.39 is 0 Å². The van der Waals surface area contributed by atoms with E-state index in [0.717, 1.165) is 17.7 Å². The van der Waals surface area contributed by atoms with Crippen LogP contribution in [-0.2, 0) is 6.42 Å². The normalized spacial score (nSPS) is 16.8. The van der Waals surface area contributed by atoms with Gasteiger partial charge in [0.1, 0.15) is 22.7 Å². The number of rotatable bonds is 2. The highest BCUT2D eigenvalue weighted by molar-refractivity contribution is 6.33. The number of aromatic nitrogens is 1. The van der Waals surface area contributed by atoms with Crippen molar-refractivity contribution in [3.05, 3.63) is 57.8 Å². The third-order valence-electron chi connectivity index (χ3n) is 3.24. The van der Waals surface area contributed by atoms with Crippen LogP contribution >= 0.6 is 23.2 Å². The minimum absolute atomic E-state index is 0.0851. The number of pyridine rings is 1. The summed E-state index contributed by atoms with van der Waals surface area (Å²) in [6.07, 6.45) is 0.731. The van der Waals surface area contributed by atoms with Gasteiger partial charge in [-0.25, -0.2) is 4.98 Å². The molecule has 0 fully saturated rings. The second-order valence-corrected chi connectivity index (χ2v) is 5.57. The number of hydrogen-bond donors (Lipinski definition) is 1. The van der Waals surface area contributed by atoms with Gasteiger partial charge >= 0.3 is 0 Å². The number of fused-ring (bicyclic) bond motifs is 1. The number of carbonyl (C=O) groups excluding carboxylic acids is 1. The molecule has 0 spiro atoms. The molecule has 108 valence electrons. The zero-order chi connectivity index (χ0) is 14.8. The summed E-state index contributed by atoms with van der Waals surface area (Å²) >= 11 is 11.6. The number of carbonyl (C=O) groups is 1. The summed E-state index contributed by atoms with van der Waals surface area (Å²) in [6, 6.07) is 10.7. The van der Waals surface area contributed by atoms with Crippen LogP contribution in [0.4, 0.5) is 0 Å². The van der Waals surface area contributed by atoms with Crippen molar-refractivity contribution in [3.63, 3.8) is 0 Å². The second kappa shape index (κ2) is 5.92. The summed E-state index contributed by atoms with van der Waals surface area (Å²) in [5, 5.41) is 3.31. The Morgan fingerprint density at radius 3 is 2.71 bits per heavy atom. The van der Waals surface area contributed by atoms with Crippen LogP contribution < -0.4 is 10.1 Å². The minimum atomic E-state index is -0.241. The Morgan fingerprint density at radius 2 is 1.95 bits per heavy atom. The summed E-state index contributed by atoms with van der Waals surface area (Å²) in [5.41, 5.74) is 1.47. The molecule has 1 aliphatic heterocycles. The molecule has 0 aliphatic carbocycles. The zero-order valence-electron chi connectivity index (χ0n) is 11.0. The first-order valence-corrected chi connectivity index (χ1v) is 7.22. The predicted octanol–water partition coefficient (Wildman–Crippen LogP) is 3.12. The average molecular weight is 323 g/mol. The molecule has 6 heteroatoms. The topological polar surface area (TPSA) is 51.2 Å². The number of halogens is 2. The molecule has 2 heterocycles. The van der Waals surface area contributed by atoms with Gasteiger partial charge < -0.3 is 10.1 Å². The maximum absolute atomic E-state index is 12.2. The molecule has 1 aliphatic rings. The van der Waals surface area contributed by atoms with E-state index in [2.05, 4.69) is 10.3 Å². The number of ether oxygens (including phenoxy) is 1. The first-order valence-electron chi connectivity index (χ1n) is 6.46. The molecule has 0 saturated heterocycles. The fraction of sp³-hybridized carbons (Fsp3) is 0.200. The van der Waals surface area contributed by atoms with Crippen molar-refractivity contribution in [1.29, 1.82) is 0 Å². The van der Waals surface area contributed by atoms with Crippen LogP contribution in [0.5, 0.6) is 5.75 Å². The summed E-state index contributed by atoms with van der Waals surface area (Å²) < 4.78 is 5.64. The first-order chi connectivity index (χ1) is 10.1. The Labute approximate surface area is 132 Å². The van der Waals surface area contributed by atoms with Crippen molar-refractivity contribution < 1.29 is 9.53 Å². The van der Waals surface area contributed by atoms with Crippen molar-refractivity contribution in [3.8, 4) is 5.75 Å². The lowest BCUT2D eigenvalue weighted by Gasteiger charge is -2.26. The highest BCUT2D eigenvalue weighted by Gasteiger charge is 2.21. The maximum atomic E-state index is 12.2. The van der Waals surface area contributed by atoms with E-state index in [9.17, 15) is 4.79 Å². The standard InChI is InChI=1S/C15H12Cl2N2O2/c16-13-6-10(7-14(17)19-13)15(20)18-11-5-9-3-1-2-4-12(9)21-8-11/h1-4,6-7,11H,5,8H2,(H,18,20). The largest absolute Gasteiger partial charge is 0.491 e. The molecule has 1 amide bonds. The smallest absolute Gasteiger partial charge is 0.251 e. The van der Waals surface area contributed by atoms with Crippen LogP contribution in [0, 0.1) is 0 Å². The first kappa shape index (κ1) is 14.2. The summed E-state index contributed by atoms with van der Waals surface area (Å²) in [5.74, 6) is 0.632. The molecule has 3 rings (SSSR count). The van der Waals surface area contributed by atoms with Crippen LogP contribution in [0.15, 0.2) is 36.4 Å². The van der Waals surface area contributed by atoms with E-state index in [1.807, 2.05) is 24.3 Å². The molecule has 0 radical (unpaired) electrons. The highest BCUT2D eigenvalue weighted by Crippen LogP contribution is 2.24. The second-order valence-electron chi connectivity index (χ2n) is 4.79. The van der Waals surface area contributed by atoms with Crippen LogP contribution in [0.25, 0.3) is 0 Å². The van der Waals surface area contributed by atoms with Gasteiger partial charge in [0.2, 0.25) is 0 Å². The van der Waals surface area contributed by atoms with Crippen LogP contribution in [0.2, 0.25) is 10.3 Å². The van der Waals surface area contributed by atoms with Crippen LogP contribution in [0.1, 0.15) is 15.9 Å². The molecule has 1 aromatic heterocycles. The van der Waals surface area contributed by atoms with Gasteiger partial charge in [-0.3, -0.25) is 4.79 Å². The predicted molar refractivity (Wildman–Crippen MR) is 81.2 cm³/mol. The third kappa shape index (κ3) is 3.28. The van der Waals surface area contributed by atoms with E-state index in [0.29, 0.717) is 12.2 Å². The van der Waals surface area contributed by atoms with Gasteiger partial charge in [0.15, 0.2) is 0 Å². The van der Waals surface area contributed by atoms with Gasteiger partial charge in [-0.2, -0.15) is 0 Å². The summed E-state index contributed by atoms with van der Waals surface area (Å²) in [6.45, 7) is 0.440. The van der Waals surface area contributed by atoms with E-state index >= 15 is 0 Å². The number of nitrogens with one attached hydrogen (secondary N) is 1. The molecule has 1 aromatic carbocycles. The van der Waals surface area contributed by atoms with Gasteiger partial charge in [0.25, 0.3) is 5.91 Å². The number of para-hydroxylation sites is 1. The molecular weight excluding hydrogens is 311 g/mol. The molecule has 4 nitrogen and oxygen atoms in total. The molecular formula is C15H12Cl2N2O2. The Kier molecular flexibility index (Phi) is 3.99. The molecule has 1 atom stereocenters. The quantitative estimate of drug-likeness (QED) is 0.864. The van der Waals surface area contributed by atoms with Crippen LogP contribution in [0.3, 0.4) is 0 Å². The van der Waals surface area contributed by atoms with Crippen molar-refractivity contribution in [2.45, 2.75) is 12.5 Å². The summed E-state index contributed by atoms with van der Waals surface area (Å²) in [7, 11) is 0. The minimum Gasteiger partial charge on any atom is -0.491 e. The van der Waals surface area contributed by atoms with Gasteiger partial charge in [-0.1, -0.05) is 41.4 Å². The molecule has 0 bridgehead atoms. The monoisotopic (exact) mass is 322 g/mol. The highest BCUT2D eigenvalue weighted by atomic mass is 35.5. The van der Waals surface area contributed by atoms with Crippen LogP contribution in [-0.4, -0.2) is 23.5 Å². The lowest BCUT2D eigenvalue weighted by molar-refractivity contribution is 0.0915. The zero-order valence-corrected chi connectivity index (χ0v) is 12.5. The lowest BCUT2D eigenvalue weighted by atomic mass is 10.0. The van der Waals surface area contributed by atoms with E-state index in [-0.39, 0.29) is 22.3 Å². The number of benzene rings is 1. The molecule has 2 aromatic rings. The average Bonchev–Trinajstić information content (AvgIpc) is 2.46. The van der Waals surface area contributed by atoms with Gasteiger partial charge in [-0.05, 0) is 30.2 Å². The van der Waals surface area contributed by atoms with Crippen molar-refractivity contribution in [2.75, 3.05) is 6.61 Å². The van der Waals surface area contributed by atoms with E-state index in [1.54, 1.807) is 0 Å². The van der Waals surface area contributed by atoms with Gasteiger partial charge in [-0.15, -0.1) is 0 Å².